The molecule has 5 heteroatoms. The van der Waals surface area contributed by atoms with Crippen LogP contribution in [0.15, 0.2) is 39.5 Å². The van der Waals surface area contributed by atoms with Crippen LogP contribution < -0.4 is 0 Å². The Bertz CT molecular complexity index is 606. The summed E-state index contributed by atoms with van der Waals surface area (Å²) < 4.78 is 0.405. The number of benzene rings is 1. The van der Waals surface area contributed by atoms with E-state index in [4.69, 9.17) is 11.6 Å². The van der Waals surface area contributed by atoms with Crippen molar-refractivity contribution in [2.75, 3.05) is 0 Å². The van der Waals surface area contributed by atoms with Gasteiger partial charge >= 0.3 is 0 Å². The lowest BCUT2D eigenvalue weighted by Gasteiger charge is -2.03. The average molecular weight is 344 g/mol. The van der Waals surface area contributed by atoms with Crippen molar-refractivity contribution < 1.29 is 9.90 Å². The number of carbonyl (C=O) groups excluding carboxylic acids is 1. The summed E-state index contributed by atoms with van der Waals surface area (Å²) in [4.78, 5) is 11.9. The van der Waals surface area contributed by atoms with E-state index in [-0.39, 0.29) is 17.1 Å². The zero-order valence-electron chi connectivity index (χ0n) is 9.06. The van der Waals surface area contributed by atoms with Crippen LogP contribution in [0.5, 0.6) is 5.75 Å². The van der Waals surface area contributed by atoms with E-state index in [0.29, 0.717) is 9.50 Å². The number of hydrogen-bond donors (Lipinski definition) is 1. The van der Waals surface area contributed by atoms with Crippen LogP contribution in [-0.2, 0) is 0 Å². The van der Waals surface area contributed by atoms with Gasteiger partial charge in [-0.3, -0.25) is 4.79 Å². The minimum absolute atomic E-state index is 0.0978. The fraction of sp³-hybridized carbons (Fsp3) is 0. The topological polar surface area (TPSA) is 37.3 Å². The molecule has 2 rings (SSSR count). The highest BCUT2D eigenvalue weighted by Crippen LogP contribution is 2.32. The summed E-state index contributed by atoms with van der Waals surface area (Å²) in [5.74, 6) is -0.388. The van der Waals surface area contributed by atoms with Gasteiger partial charge in [0.15, 0.2) is 5.78 Å². The van der Waals surface area contributed by atoms with Gasteiger partial charge in [-0.15, -0.1) is 0 Å². The van der Waals surface area contributed by atoms with Crippen LogP contribution in [0, 0.1) is 0 Å². The number of phenols is 1. The summed E-state index contributed by atoms with van der Waals surface area (Å²) >= 11 is 10.6. The summed E-state index contributed by atoms with van der Waals surface area (Å²) in [5, 5.41) is 14.0. The third-order valence-corrected chi connectivity index (χ3v) is 3.79. The van der Waals surface area contributed by atoms with E-state index in [9.17, 15) is 9.90 Å². The molecule has 0 bridgehead atoms. The number of aromatic hydroxyl groups is 1. The first-order valence-corrected chi connectivity index (χ1v) is 7.12. The number of thiophene rings is 1. The molecule has 0 radical (unpaired) electrons. The first kappa shape index (κ1) is 13.3. The third kappa shape index (κ3) is 3.02. The van der Waals surface area contributed by atoms with Crippen molar-refractivity contribution in [2.24, 2.45) is 0 Å². The Labute approximate surface area is 122 Å². The molecule has 1 N–H and O–H groups in total. The van der Waals surface area contributed by atoms with E-state index in [1.165, 1.54) is 18.2 Å². The Hall–Kier alpha value is -1.10. The molecule has 1 heterocycles. The number of phenolic OH excluding ortho intramolecular Hbond substituents is 1. The van der Waals surface area contributed by atoms with Crippen LogP contribution in [-0.4, -0.2) is 10.9 Å². The molecule has 0 fully saturated rings. The van der Waals surface area contributed by atoms with Crippen molar-refractivity contribution in [3.8, 4) is 5.75 Å². The second-order valence-corrected chi connectivity index (χ2v) is 5.61. The first-order chi connectivity index (χ1) is 8.58. The molecule has 0 atom stereocenters. The monoisotopic (exact) mass is 342 g/mol. The molecular weight excluding hydrogens is 336 g/mol. The second kappa shape index (κ2) is 5.69. The molecule has 0 saturated heterocycles. The van der Waals surface area contributed by atoms with Gasteiger partial charge in [0.1, 0.15) is 5.75 Å². The van der Waals surface area contributed by atoms with Gasteiger partial charge in [0, 0.05) is 5.02 Å². The maximum atomic E-state index is 11.9. The summed E-state index contributed by atoms with van der Waals surface area (Å²) in [7, 11) is 0. The third-order valence-electron chi connectivity index (χ3n) is 2.26. The van der Waals surface area contributed by atoms with Gasteiger partial charge in [-0.05, 0) is 56.5 Å². The quantitative estimate of drug-likeness (QED) is 0.644. The van der Waals surface area contributed by atoms with Gasteiger partial charge in [0.25, 0.3) is 0 Å². The van der Waals surface area contributed by atoms with Crippen LogP contribution >= 0.6 is 38.9 Å². The molecule has 0 spiro atoms. The Morgan fingerprint density at radius 2 is 2.22 bits per heavy atom. The number of carbonyl (C=O) groups is 1. The fourth-order valence-electron chi connectivity index (χ4n) is 1.39. The zero-order valence-corrected chi connectivity index (χ0v) is 12.2. The zero-order chi connectivity index (χ0) is 13.1. The van der Waals surface area contributed by atoms with E-state index >= 15 is 0 Å². The van der Waals surface area contributed by atoms with Crippen LogP contribution in [0.25, 0.3) is 6.08 Å². The van der Waals surface area contributed by atoms with Gasteiger partial charge in [0.2, 0.25) is 0 Å². The molecule has 92 valence electrons. The van der Waals surface area contributed by atoms with Gasteiger partial charge < -0.3 is 5.11 Å². The molecule has 18 heavy (non-hydrogen) atoms. The summed E-state index contributed by atoms with van der Waals surface area (Å²) in [5.41, 5.74) is 1.13. The van der Waals surface area contributed by atoms with E-state index in [1.807, 2.05) is 16.8 Å². The minimum atomic E-state index is -0.290. The summed E-state index contributed by atoms with van der Waals surface area (Å²) in [6.07, 6.45) is 3.12. The molecule has 0 unspecified atom stereocenters. The highest BCUT2D eigenvalue weighted by atomic mass is 79.9. The number of halogens is 2. The second-order valence-electron chi connectivity index (χ2n) is 3.54. The molecule has 0 aliphatic carbocycles. The largest absolute Gasteiger partial charge is 0.506 e. The van der Waals surface area contributed by atoms with E-state index in [2.05, 4.69) is 15.9 Å². The first-order valence-electron chi connectivity index (χ1n) is 5.00. The molecular formula is C13H8BrClO2S. The predicted octanol–water partition coefficient (Wildman–Crippen LogP) is 4.77. The molecule has 0 amide bonds. The highest BCUT2D eigenvalue weighted by molar-refractivity contribution is 9.10. The van der Waals surface area contributed by atoms with Crippen molar-refractivity contribution in [2.45, 2.75) is 0 Å². The number of ketones is 1. The van der Waals surface area contributed by atoms with Crippen LogP contribution in [0.1, 0.15) is 15.9 Å². The molecule has 0 saturated carbocycles. The highest BCUT2D eigenvalue weighted by Gasteiger charge is 2.12. The van der Waals surface area contributed by atoms with E-state index < -0.39 is 0 Å². The lowest BCUT2D eigenvalue weighted by Crippen LogP contribution is -1.95. The Kier molecular flexibility index (Phi) is 4.22. The van der Waals surface area contributed by atoms with Gasteiger partial charge in [-0.2, -0.15) is 11.3 Å². The Balaban J connectivity index is 2.29. The van der Waals surface area contributed by atoms with Crippen LogP contribution in [0.2, 0.25) is 5.02 Å². The minimum Gasteiger partial charge on any atom is -0.506 e. The Morgan fingerprint density at radius 1 is 1.44 bits per heavy atom. The normalized spacial score (nSPS) is 11.0. The number of rotatable bonds is 3. The SMILES string of the molecule is O=C(/C=C/c1ccsc1)c1cc(Cl)cc(Br)c1O. The van der Waals surface area contributed by atoms with E-state index in [0.717, 1.165) is 5.56 Å². The van der Waals surface area contributed by atoms with Crippen molar-refractivity contribution >= 4 is 50.7 Å². The molecule has 2 aromatic rings. The lowest BCUT2D eigenvalue weighted by molar-refractivity contribution is 0.104. The maximum absolute atomic E-state index is 11.9. The Morgan fingerprint density at radius 3 is 2.89 bits per heavy atom. The molecule has 2 nitrogen and oxygen atoms in total. The standard InChI is InChI=1S/C13H8BrClO2S/c14-11-6-9(15)5-10(13(11)17)12(16)2-1-8-3-4-18-7-8/h1-7,17H/b2-1+. The summed E-state index contributed by atoms with van der Waals surface area (Å²) in [6, 6.07) is 4.89. The summed E-state index contributed by atoms with van der Waals surface area (Å²) in [6.45, 7) is 0. The smallest absolute Gasteiger partial charge is 0.189 e. The lowest BCUT2D eigenvalue weighted by atomic mass is 10.1. The molecule has 0 aliphatic heterocycles. The fourth-order valence-corrected chi connectivity index (χ4v) is 2.82. The molecule has 0 aliphatic rings. The van der Waals surface area contributed by atoms with Gasteiger partial charge in [0.05, 0.1) is 10.0 Å². The van der Waals surface area contributed by atoms with E-state index in [1.54, 1.807) is 17.4 Å². The van der Waals surface area contributed by atoms with Gasteiger partial charge in [-0.1, -0.05) is 17.7 Å². The van der Waals surface area contributed by atoms with Crippen molar-refractivity contribution in [3.63, 3.8) is 0 Å². The van der Waals surface area contributed by atoms with Crippen molar-refractivity contribution in [3.05, 3.63) is 55.7 Å². The average Bonchev–Trinajstić information content (AvgIpc) is 2.83. The number of hydrogen-bond acceptors (Lipinski definition) is 3. The number of allylic oxidation sites excluding steroid dienone is 1. The van der Waals surface area contributed by atoms with Crippen molar-refractivity contribution in [1.29, 1.82) is 0 Å². The molecule has 1 aromatic carbocycles. The predicted molar refractivity (Wildman–Crippen MR) is 78.5 cm³/mol. The van der Waals surface area contributed by atoms with Crippen LogP contribution in [0.4, 0.5) is 0 Å². The van der Waals surface area contributed by atoms with Gasteiger partial charge in [-0.25, -0.2) is 0 Å². The van der Waals surface area contributed by atoms with Crippen molar-refractivity contribution in [1.82, 2.24) is 0 Å². The van der Waals surface area contributed by atoms with Crippen LogP contribution in [0.3, 0.4) is 0 Å². The maximum Gasteiger partial charge on any atom is 0.189 e. The molecule has 1 aromatic heterocycles.